The number of nitrogens with zero attached hydrogens (tertiary/aromatic N) is 2. The second kappa shape index (κ2) is 22.3. The Bertz CT molecular complexity index is 744. The molecule has 0 rings (SSSR count). The molecule has 0 aliphatic heterocycles. The molecule has 0 spiro atoms. The van der Waals surface area contributed by atoms with E-state index in [1.54, 1.807) is 6.92 Å². The molecule has 0 aliphatic carbocycles. The van der Waals surface area contributed by atoms with Crippen LogP contribution in [-0.4, -0.2) is 87.0 Å². The van der Waals surface area contributed by atoms with Crippen LogP contribution in [0.15, 0.2) is 4.76 Å². The third kappa shape index (κ3) is 18.4. The zero-order valence-electron chi connectivity index (χ0n) is 23.6. The highest BCUT2D eigenvalue weighted by molar-refractivity contribution is 7.52. The van der Waals surface area contributed by atoms with Gasteiger partial charge in [0.1, 0.15) is 6.04 Å². The first-order valence-corrected chi connectivity index (χ1v) is 14.9. The van der Waals surface area contributed by atoms with E-state index in [9.17, 15) is 24.1 Å². The van der Waals surface area contributed by atoms with Gasteiger partial charge in [0, 0.05) is 7.05 Å². The molecule has 228 valence electrons. The minimum Gasteiger partial charge on any atom is -0.480 e. The molecule has 0 aromatic carbocycles. The van der Waals surface area contributed by atoms with Crippen molar-refractivity contribution < 1.29 is 52.1 Å². The van der Waals surface area contributed by atoms with Crippen molar-refractivity contribution in [3.8, 4) is 0 Å². The summed E-state index contributed by atoms with van der Waals surface area (Å²) in [7, 11) is -2.70. The maximum Gasteiger partial charge on any atom is 0.508 e. The van der Waals surface area contributed by atoms with Crippen molar-refractivity contribution >= 4 is 32.0 Å². The summed E-state index contributed by atoms with van der Waals surface area (Å²) in [6, 6.07) is -0.981. The van der Waals surface area contributed by atoms with Gasteiger partial charge in [0.15, 0.2) is 0 Å². The van der Waals surface area contributed by atoms with Crippen LogP contribution in [0.4, 0.5) is 9.59 Å². The predicted octanol–water partition coefficient (Wildman–Crippen LogP) is 4.70. The molecule has 3 N–H and O–H groups in total. The summed E-state index contributed by atoms with van der Waals surface area (Å²) >= 11 is 0. The molecule has 39 heavy (non-hydrogen) atoms. The molecule has 0 aromatic heterocycles. The lowest BCUT2D eigenvalue weighted by atomic mass is 10.2. The number of carbonyl (C=O) groups is 3. The summed E-state index contributed by atoms with van der Waals surface area (Å²) in [5.74, 6) is -1.43. The summed E-state index contributed by atoms with van der Waals surface area (Å²) in [4.78, 5) is 35.6. The third-order valence-electron chi connectivity index (χ3n) is 5.19. The van der Waals surface area contributed by atoms with E-state index in [1.807, 2.05) is 13.8 Å². The number of rotatable bonds is 22. The number of hydrogen-bond acceptors (Lipinski definition) is 10. The van der Waals surface area contributed by atoms with Gasteiger partial charge in [0.25, 0.3) is 0 Å². The molecule has 0 fully saturated rings. The largest absolute Gasteiger partial charge is 0.508 e. The van der Waals surface area contributed by atoms with E-state index in [2.05, 4.69) is 4.76 Å². The molecule has 14 nitrogen and oxygen atoms in total. The number of likely N-dealkylation sites (N-methyl/N-ethyl adjacent to an activating group) is 1. The SMILES string of the molecule is CCCCOC(=O)OCCCCOP(=O)(N=C(N)N(C)C(CC)C(=O)O)OCCCCOC(=O)OCCCC. The number of carboxylic acid groups (broad SMARTS) is 1. The summed E-state index contributed by atoms with van der Waals surface area (Å²) < 4.78 is 47.7. The predicted molar refractivity (Wildman–Crippen MR) is 143 cm³/mol. The fraction of sp³-hybridized carbons (Fsp3) is 0.833. The molecule has 0 heterocycles. The van der Waals surface area contributed by atoms with Gasteiger partial charge in [-0.1, -0.05) is 33.6 Å². The normalized spacial score (nSPS) is 12.5. The third-order valence-corrected chi connectivity index (χ3v) is 6.65. The molecule has 15 heteroatoms. The first-order chi connectivity index (χ1) is 18.6. The van der Waals surface area contributed by atoms with Crippen LogP contribution in [0, 0.1) is 0 Å². The van der Waals surface area contributed by atoms with Gasteiger partial charge in [0.05, 0.1) is 39.6 Å². The van der Waals surface area contributed by atoms with Crippen LogP contribution in [0.5, 0.6) is 0 Å². The second-order valence-corrected chi connectivity index (χ2v) is 10.1. The van der Waals surface area contributed by atoms with Crippen molar-refractivity contribution in [2.24, 2.45) is 10.5 Å². The number of hydrogen-bond donors (Lipinski definition) is 2. The van der Waals surface area contributed by atoms with Gasteiger partial charge in [-0.25, -0.2) is 18.9 Å². The standard InChI is InChI=1S/C24H46N3O11P/c1-5-8-14-33-23(30)35-16-10-12-18-37-39(32,26-22(25)27(4)20(7-3)21(28)29)38-19-13-11-17-36-24(31)34-15-9-6-2/h20H,5-19H2,1-4H3,(H,28,29)(H2,25,26,32). The van der Waals surface area contributed by atoms with Crippen LogP contribution in [0.25, 0.3) is 0 Å². The van der Waals surface area contributed by atoms with Crippen molar-refractivity contribution in [3.05, 3.63) is 0 Å². The van der Waals surface area contributed by atoms with Gasteiger partial charge < -0.3 is 34.7 Å². The van der Waals surface area contributed by atoms with Crippen LogP contribution in [-0.2, 0) is 37.4 Å². The molecular weight excluding hydrogens is 537 g/mol. The minimum atomic E-state index is -4.12. The van der Waals surface area contributed by atoms with E-state index in [0.717, 1.165) is 25.7 Å². The number of ether oxygens (including phenoxy) is 4. The quantitative estimate of drug-likeness (QED) is 0.0587. The average molecular weight is 584 g/mol. The van der Waals surface area contributed by atoms with E-state index in [1.165, 1.54) is 11.9 Å². The Labute approximate surface area is 231 Å². The van der Waals surface area contributed by atoms with Gasteiger partial charge in [-0.05, 0) is 44.9 Å². The molecule has 0 aromatic rings. The number of nitrogens with two attached hydrogens (primary N) is 1. The lowest BCUT2D eigenvalue weighted by Gasteiger charge is -2.25. The number of aliphatic carboxylic acids is 1. The van der Waals surface area contributed by atoms with Gasteiger partial charge in [-0.3, -0.25) is 9.05 Å². The Balaban J connectivity index is 4.82. The fourth-order valence-electron chi connectivity index (χ4n) is 2.83. The number of carboxylic acids is 1. The van der Waals surface area contributed by atoms with E-state index < -0.39 is 32.1 Å². The Morgan fingerprint density at radius 3 is 1.51 bits per heavy atom. The molecule has 0 bridgehead atoms. The van der Waals surface area contributed by atoms with E-state index in [-0.39, 0.29) is 38.8 Å². The summed E-state index contributed by atoms with van der Waals surface area (Å²) in [6.07, 6.45) is 3.57. The van der Waals surface area contributed by atoms with Crippen LogP contribution >= 0.6 is 7.75 Å². The Morgan fingerprint density at radius 2 is 1.15 bits per heavy atom. The van der Waals surface area contributed by atoms with Crippen LogP contribution < -0.4 is 5.73 Å². The highest BCUT2D eigenvalue weighted by Crippen LogP contribution is 2.50. The van der Waals surface area contributed by atoms with Crippen molar-refractivity contribution in [2.75, 3.05) is 46.7 Å². The molecular formula is C24H46N3O11P. The Hall–Kier alpha value is -2.57. The topological polar surface area (TPSA) is 186 Å². The molecule has 1 atom stereocenters. The Kier molecular flexibility index (Phi) is 20.8. The molecule has 0 amide bonds. The number of carbonyl (C=O) groups excluding carboxylic acids is 2. The Morgan fingerprint density at radius 1 is 0.769 bits per heavy atom. The van der Waals surface area contributed by atoms with Crippen LogP contribution in [0.2, 0.25) is 0 Å². The first-order valence-electron chi connectivity index (χ1n) is 13.4. The maximum absolute atomic E-state index is 13.3. The summed E-state index contributed by atoms with van der Waals surface area (Å²) in [6.45, 7) is 6.29. The smallest absolute Gasteiger partial charge is 0.480 e. The molecule has 0 aliphatic rings. The molecule has 0 saturated carbocycles. The fourth-order valence-corrected chi connectivity index (χ4v) is 4.13. The van der Waals surface area contributed by atoms with Crippen LogP contribution in [0.3, 0.4) is 0 Å². The van der Waals surface area contributed by atoms with Crippen molar-refractivity contribution in [1.29, 1.82) is 0 Å². The monoisotopic (exact) mass is 583 g/mol. The van der Waals surface area contributed by atoms with Gasteiger partial charge >= 0.3 is 26.0 Å². The van der Waals surface area contributed by atoms with Gasteiger partial charge in [0.2, 0.25) is 5.96 Å². The van der Waals surface area contributed by atoms with E-state index >= 15 is 0 Å². The zero-order chi connectivity index (χ0) is 29.5. The van der Waals surface area contributed by atoms with Gasteiger partial charge in [-0.15, -0.1) is 4.76 Å². The van der Waals surface area contributed by atoms with Crippen LogP contribution in [0.1, 0.15) is 78.6 Å². The van der Waals surface area contributed by atoms with E-state index in [0.29, 0.717) is 38.9 Å². The maximum atomic E-state index is 13.3. The van der Waals surface area contributed by atoms with Crippen molar-refractivity contribution in [3.63, 3.8) is 0 Å². The molecule has 0 radical (unpaired) electrons. The summed E-state index contributed by atoms with van der Waals surface area (Å²) in [5.41, 5.74) is 5.93. The highest BCUT2D eigenvalue weighted by atomic mass is 31.2. The average Bonchev–Trinajstić information content (AvgIpc) is 2.88. The molecule has 1 unspecified atom stereocenters. The summed E-state index contributed by atoms with van der Waals surface area (Å²) in [5, 5.41) is 9.36. The second-order valence-electron chi connectivity index (χ2n) is 8.48. The number of guanidine groups is 1. The highest BCUT2D eigenvalue weighted by Gasteiger charge is 2.28. The van der Waals surface area contributed by atoms with E-state index in [4.69, 9.17) is 33.7 Å². The van der Waals surface area contributed by atoms with Crippen molar-refractivity contribution in [1.82, 2.24) is 4.90 Å². The van der Waals surface area contributed by atoms with Gasteiger partial charge in [-0.2, -0.15) is 0 Å². The minimum absolute atomic E-state index is 0.0468. The first kappa shape index (κ1) is 36.4. The molecule has 0 saturated heterocycles. The lowest BCUT2D eigenvalue weighted by Crippen LogP contribution is -2.45. The van der Waals surface area contributed by atoms with Crippen molar-refractivity contribution in [2.45, 2.75) is 84.6 Å². The number of unbranched alkanes of at least 4 members (excludes halogenated alkanes) is 4. The lowest BCUT2D eigenvalue weighted by molar-refractivity contribution is -0.141. The zero-order valence-corrected chi connectivity index (χ0v) is 24.5.